The van der Waals surface area contributed by atoms with Crippen LogP contribution < -0.4 is 10.6 Å². The highest BCUT2D eigenvalue weighted by Gasteiger charge is 2.27. The maximum Gasteiger partial charge on any atom is 0.257 e. The van der Waals surface area contributed by atoms with Gasteiger partial charge in [0.15, 0.2) is 23.3 Å². The number of nitrogens with one attached hydrogen (secondary N) is 2. The Labute approximate surface area is 229 Å². The van der Waals surface area contributed by atoms with E-state index in [1.165, 1.54) is 18.2 Å². The van der Waals surface area contributed by atoms with Crippen molar-refractivity contribution in [3.63, 3.8) is 0 Å². The first-order chi connectivity index (χ1) is 18.1. The van der Waals surface area contributed by atoms with E-state index in [4.69, 9.17) is 23.2 Å². The van der Waals surface area contributed by atoms with Crippen molar-refractivity contribution < 1.29 is 27.2 Å². The lowest BCUT2D eigenvalue weighted by atomic mass is 10.1. The minimum atomic E-state index is -1.72. The molecule has 2 amide bonds. The summed E-state index contributed by atoms with van der Waals surface area (Å²) in [6.07, 6.45) is 0. The SMILES string of the molecule is O=C(Nc1cccc(SC(C(=O)Nc2c(F)c(F)cc(F)c2F)c2ccccc2)c1)c1ccc(Cl)cc1Cl. The summed E-state index contributed by atoms with van der Waals surface area (Å²) in [6, 6.07) is 19.2. The lowest BCUT2D eigenvalue weighted by Gasteiger charge is -2.18. The fraction of sp³-hybridized carbons (Fsp3) is 0.0370. The summed E-state index contributed by atoms with van der Waals surface area (Å²) in [6.45, 7) is 0. The fourth-order valence-electron chi connectivity index (χ4n) is 3.43. The van der Waals surface area contributed by atoms with E-state index in [1.807, 2.05) is 5.32 Å². The molecule has 0 heterocycles. The molecule has 1 atom stereocenters. The zero-order valence-corrected chi connectivity index (χ0v) is 21.4. The molecule has 0 saturated heterocycles. The molecule has 11 heteroatoms. The summed E-state index contributed by atoms with van der Waals surface area (Å²) in [5.41, 5.74) is -0.200. The highest BCUT2D eigenvalue weighted by molar-refractivity contribution is 8.00. The first-order valence-electron chi connectivity index (χ1n) is 10.9. The van der Waals surface area contributed by atoms with Gasteiger partial charge in [-0.1, -0.05) is 59.6 Å². The van der Waals surface area contributed by atoms with E-state index in [0.29, 0.717) is 21.2 Å². The van der Waals surface area contributed by atoms with Crippen molar-refractivity contribution in [3.05, 3.63) is 123 Å². The molecule has 38 heavy (non-hydrogen) atoms. The van der Waals surface area contributed by atoms with Crippen molar-refractivity contribution in [3.8, 4) is 0 Å². The lowest BCUT2D eigenvalue weighted by Crippen LogP contribution is -2.21. The predicted octanol–water partition coefficient (Wildman–Crippen LogP) is 8.27. The molecule has 4 aromatic carbocycles. The lowest BCUT2D eigenvalue weighted by molar-refractivity contribution is -0.115. The summed E-state index contributed by atoms with van der Waals surface area (Å²) < 4.78 is 55.7. The largest absolute Gasteiger partial charge is 0.322 e. The summed E-state index contributed by atoms with van der Waals surface area (Å²) in [5, 5.41) is 4.13. The molecule has 0 saturated carbocycles. The maximum absolute atomic E-state index is 14.2. The van der Waals surface area contributed by atoms with Crippen LogP contribution in [-0.2, 0) is 4.79 Å². The van der Waals surface area contributed by atoms with Gasteiger partial charge in [0, 0.05) is 21.7 Å². The van der Waals surface area contributed by atoms with Gasteiger partial charge in [-0.25, -0.2) is 17.6 Å². The first-order valence-corrected chi connectivity index (χ1v) is 12.5. The van der Waals surface area contributed by atoms with Crippen LogP contribution in [-0.4, -0.2) is 11.8 Å². The molecule has 0 bridgehead atoms. The third kappa shape index (κ3) is 6.30. The molecule has 1 unspecified atom stereocenters. The molecule has 0 aliphatic rings. The second kappa shape index (κ2) is 11.9. The van der Waals surface area contributed by atoms with Gasteiger partial charge in [-0.15, -0.1) is 11.8 Å². The van der Waals surface area contributed by atoms with Crippen LogP contribution in [0.5, 0.6) is 0 Å². The van der Waals surface area contributed by atoms with Crippen LogP contribution in [0.15, 0.2) is 83.8 Å². The third-order valence-corrected chi connectivity index (χ3v) is 7.02. The molecule has 0 radical (unpaired) electrons. The van der Waals surface area contributed by atoms with E-state index in [2.05, 4.69) is 5.32 Å². The average Bonchev–Trinajstić information content (AvgIpc) is 2.89. The van der Waals surface area contributed by atoms with Crippen LogP contribution >= 0.6 is 35.0 Å². The van der Waals surface area contributed by atoms with Gasteiger partial charge in [0.1, 0.15) is 10.9 Å². The Morgan fingerprint density at radius 1 is 0.763 bits per heavy atom. The number of carbonyl (C=O) groups excluding carboxylic acids is 2. The van der Waals surface area contributed by atoms with E-state index in [-0.39, 0.29) is 16.7 Å². The highest BCUT2D eigenvalue weighted by Crippen LogP contribution is 2.38. The van der Waals surface area contributed by atoms with Gasteiger partial charge in [0.2, 0.25) is 5.91 Å². The minimum absolute atomic E-state index is 0.0563. The summed E-state index contributed by atoms with van der Waals surface area (Å²) in [4.78, 5) is 26.3. The molecule has 0 aliphatic carbocycles. The van der Waals surface area contributed by atoms with Crippen LogP contribution in [0.1, 0.15) is 21.2 Å². The summed E-state index contributed by atoms with van der Waals surface area (Å²) in [7, 11) is 0. The van der Waals surface area contributed by atoms with Crippen molar-refractivity contribution in [1.29, 1.82) is 0 Å². The van der Waals surface area contributed by atoms with Crippen LogP contribution in [0.3, 0.4) is 0 Å². The average molecular weight is 579 g/mol. The van der Waals surface area contributed by atoms with E-state index in [9.17, 15) is 27.2 Å². The van der Waals surface area contributed by atoms with E-state index in [1.54, 1.807) is 54.6 Å². The monoisotopic (exact) mass is 578 g/mol. The van der Waals surface area contributed by atoms with Crippen LogP contribution in [0, 0.1) is 23.3 Å². The van der Waals surface area contributed by atoms with E-state index < -0.39 is 46.0 Å². The summed E-state index contributed by atoms with van der Waals surface area (Å²) in [5.74, 6) is -8.16. The summed E-state index contributed by atoms with van der Waals surface area (Å²) >= 11 is 13.0. The zero-order chi connectivity index (χ0) is 27.4. The smallest absolute Gasteiger partial charge is 0.257 e. The number of thioether (sulfide) groups is 1. The number of benzene rings is 4. The van der Waals surface area contributed by atoms with Gasteiger partial charge in [-0.3, -0.25) is 9.59 Å². The molecule has 4 rings (SSSR count). The van der Waals surface area contributed by atoms with E-state index >= 15 is 0 Å². The quantitative estimate of drug-likeness (QED) is 0.132. The van der Waals surface area contributed by atoms with Crippen molar-refractivity contribution in [2.24, 2.45) is 0 Å². The van der Waals surface area contributed by atoms with Crippen molar-refractivity contribution in [2.45, 2.75) is 10.1 Å². The van der Waals surface area contributed by atoms with Gasteiger partial charge >= 0.3 is 0 Å². The number of hydrogen-bond donors (Lipinski definition) is 2. The van der Waals surface area contributed by atoms with E-state index in [0.717, 1.165) is 11.8 Å². The Morgan fingerprint density at radius 3 is 2.11 bits per heavy atom. The molecule has 0 aromatic heterocycles. The Balaban J connectivity index is 1.60. The number of halogens is 6. The molecule has 2 N–H and O–H groups in total. The molecular formula is C27H16Cl2F4N2O2S. The Bertz CT molecular complexity index is 1500. The van der Waals surface area contributed by atoms with Crippen LogP contribution in [0.4, 0.5) is 28.9 Å². The number of hydrogen-bond acceptors (Lipinski definition) is 3. The number of carbonyl (C=O) groups is 2. The van der Waals surface area contributed by atoms with Crippen molar-refractivity contribution >= 4 is 58.2 Å². The van der Waals surface area contributed by atoms with Gasteiger partial charge in [-0.05, 0) is 42.0 Å². The third-order valence-electron chi connectivity index (χ3n) is 5.22. The molecule has 0 spiro atoms. The maximum atomic E-state index is 14.2. The Morgan fingerprint density at radius 2 is 1.45 bits per heavy atom. The normalized spacial score (nSPS) is 11.6. The van der Waals surface area contributed by atoms with Gasteiger partial charge < -0.3 is 10.6 Å². The van der Waals surface area contributed by atoms with Gasteiger partial charge in [0.25, 0.3) is 5.91 Å². The second-order valence-electron chi connectivity index (χ2n) is 7.85. The Hall–Kier alpha value is -3.53. The topological polar surface area (TPSA) is 58.2 Å². The Kier molecular flexibility index (Phi) is 8.61. The standard InChI is InChI=1S/C27H16Cl2F4N2O2S/c28-15-9-10-18(19(29)11-15)26(36)34-16-7-4-8-17(12-16)38-25(14-5-2-1-3-6-14)27(37)35-24-22(32)20(30)13-21(31)23(24)33/h1-13,25H,(H,34,36)(H,35,37). The molecular weight excluding hydrogens is 563 g/mol. The van der Waals surface area contributed by atoms with Crippen molar-refractivity contribution in [2.75, 3.05) is 10.6 Å². The molecule has 4 aromatic rings. The van der Waals surface area contributed by atoms with Crippen LogP contribution in [0.25, 0.3) is 0 Å². The second-order valence-corrected chi connectivity index (χ2v) is 9.87. The predicted molar refractivity (Wildman–Crippen MR) is 141 cm³/mol. The minimum Gasteiger partial charge on any atom is -0.322 e. The molecule has 0 aliphatic heterocycles. The fourth-order valence-corrected chi connectivity index (χ4v) is 5.01. The van der Waals surface area contributed by atoms with Gasteiger partial charge in [0.05, 0.1) is 10.6 Å². The number of rotatable bonds is 7. The van der Waals surface area contributed by atoms with Crippen LogP contribution in [0.2, 0.25) is 10.0 Å². The van der Waals surface area contributed by atoms with Crippen molar-refractivity contribution in [1.82, 2.24) is 0 Å². The molecule has 4 nitrogen and oxygen atoms in total. The number of amides is 2. The highest BCUT2D eigenvalue weighted by atomic mass is 35.5. The number of anilines is 2. The first kappa shape index (κ1) is 27.5. The molecule has 194 valence electrons. The van der Waals surface area contributed by atoms with Gasteiger partial charge in [-0.2, -0.15) is 0 Å². The zero-order valence-electron chi connectivity index (χ0n) is 19.1. The molecule has 0 fully saturated rings.